The van der Waals surface area contributed by atoms with Crippen LogP contribution in [0.25, 0.3) is 0 Å². The molecule has 0 aliphatic carbocycles. The largest absolute Gasteiger partial charge is 0.480 e. The van der Waals surface area contributed by atoms with Crippen LogP contribution in [0.2, 0.25) is 5.02 Å². The number of aliphatic carboxylic acids is 1. The second-order valence-corrected chi connectivity index (χ2v) is 6.97. The average Bonchev–Trinajstić information content (AvgIpc) is 2.48. The molecule has 0 spiro atoms. The molecule has 1 atom stereocenters. The molecule has 24 heavy (non-hydrogen) atoms. The fourth-order valence-electron chi connectivity index (χ4n) is 2.47. The normalized spacial score (nSPS) is 11.8. The van der Waals surface area contributed by atoms with Gasteiger partial charge in [0.25, 0.3) is 5.91 Å². The van der Waals surface area contributed by atoms with Gasteiger partial charge in [0.1, 0.15) is 6.04 Å². The number of amides is 1. The lowest BCUT2D eigenvalue weighted by molar-refractivity contribution is -0.139. The Labute approximate surface area is 154 Å². The number of carboxylic acids is 1. The van der Waals surface area contributed by atoms with Crippen LogP contribution in [0.3, 0.4) is 0 Å². The molecule has 2 aromatic carbocycles. The number of hydrogen-bond acceptors (Lipinski definition) is 2. The van der Waals surface area contributed by atoms with Crippen LogP contribution >= 0.6 is 27.5 Å². The highest BCUT2D eigenvalue weighted by Gasteiger charge is 2.22. The van der Waals surface area contributed by atoms with E-state index in [1.807, 2.05) is 19.9 Å². The first-order chi connectivity index (χ1) is 11.3. The van der Waals surface area contributed by atoms with Gasteiger partial charge in [0.2, 0.25) is 0 Å². The fraction of sp³-hybridized carbons (Fsp3) is 0.222. The van der Waals surface area contributed by atoms with Gasteiger partial charge >= 0.3 is 5.97 Å². The maximum absolute atomic E-state index is 12.4. The molecule has 0 saturated carbocycles. The smallest absolute Gasteiger partial charge is 0.326 e. The van der Waals surface area contributed by atoms with Crippen LogP contribution in [0, 0.1) is 13.8 Å². The second-order valence-electron chi connectivity index (χ2n) is 5.68. The van der Waals surface area contributed by atoms with Crippen LogP contribution in [0.5, 0.6) is 0 Å². The van der Waals surface area contributed by atoms with Crippen molar-refractivity contribution in [3.63, 3.8) is 0 Å². The minimum absolute atomic E-state index is 0.132. The number of aryl methyl sites for hydroxylation is 2. The lowest BCUT2D eigenvalue weighted by Crippen LogP contribution is -2.42. The first-order valence-electron chi connectivity index (χ1n) is 7.32. The maximum Gasteiger partial charge on any atom is 0.326 e. The zero-order chi connectivity index (χ0) is 17.9. The molecule has 0 unspecified atom stereocenters. The first kappa shape index (κ1) is 18.5. The van der Waals surface area contributed by atoms with Crippen molar-refractivity contribution in [2.45, 2.75) is 26.3 Å². The number of carbonyl (C=O) groups is 2. The number of carbonyl (C=O) groups excluding carboxylic acids is 1. The summed E-state index contributed by atoms with van der Waals surface area (Å²) in [5.41, 5.74) is 3.06. The summed E-state index contributed by atoms with van der Waals surface area (Å²) in [6.07, 6.45) is 0.132. The molecule has 0 fully saturated rings. The van der Waals surface area contributed by atoms with Crippen molar-refractivity contribution in [2.75, 3.05) is 0 Å². The SMILES string of the molecule is Cc1cc(C)cc(C(=O)N[C@H](Cc2cc(Cl)ccc2Br)C(=O)O)c1. The summed E-state index contributed by atoms with van der Waals surface area (Å²) in [5, 5.41) is 12.5. The van der Waals surface area contributed by atoms with Crippen molar-refractivity contribution >= 4 is 39.4 Å². The minimum atomic E-state index is -1.10. The Kier molecular flexibility index (Phi) is 6.02. The summed E-state index contributed by atoms with van der Waals surface area (Å²) in [5.74, 6) is -1.51. The molecule has 0 aliphatic heterocycles. The van der Waals surface area contributed by atoms with Crippen molar-refractivity contribution < 1.29 is 14.7 Å². The Bertz CT molecular complexity index is 772. The highest BCUT2D eigenvalue weighted by molar-refractivity contribution is 9.10. The summed E-state index contributed by atoms with van der Waals surface area (Å²) in [6.45, 7) is 3.78. The molecule has 0 saturated heterocycles. The number of rotatable bonds is 5. The highest BCUT2D eigenvalue weighted by Crippen LogP contribution is 2.22. The Hall–Kier alpha value is -1.85. The molecule has 2 aromatic rings. The standard InChI is InChI=1S/C18H17BrClNO3/c1-10-5-11(2)7-13(6-10)17(22)21-16(18(23)24)9-12-8-14(20)3-4-15(12)19/h3-8,16H,9H2,1-2H3,(H,21,22)(H,23,24)/t16-/m1/s1. The van der Waals surface area contributed by atoms with Gasteiger partial charge in [-0.1, -0.05) is 44.7 Å². The molecule has 0 aliphatic rings. The van der Waals surface area contributed by atoms with Crippen molar-refractivity contribution in [3.8, 4) is 0 Å². The lowest BCUT2D eigenvalue weighted by Gasteiger charge is -2.16. The molecule has 6 heteroatoms. The van der Waals surface area contributed by atoms with Gasteiger partial charge in [0.05, 0.1) is 0 Å². The van der Waals surface area contributed by atoms with Crippen LogP contribution in [0.1, 0.15) is 27.0 Å². The predicted octanol–water partition coefficient (Wildman–Crippen LogP) is 4.15. The third-order valence-electron chi connectivity index (χ3n) is 3.52. The molecule has 4 nitrogen and oxygen atoms in total. The van der Waals surface area contributed by atoms with Gasteiger partial charge in [-0.05, 0) is 49.7 Å². The molecule has 0 radical (unpaired) electrons. The Balaban J connectivity index is 2.20. The second kappa shape index (κ2) is 7.81. The fourth-order valence-corrected chi connectivity index (χ4v) is 3.07. The van der Waals surface area contributed by atoms with E-state index >= 15 is 0 Å². The maximum atomic E-state index is 12.4. The van der Waals surface area contributed by atoms with Crippen LogP contribution in [0.4, 0.5) is 0 Å². The first-order valence-corrected chi connectivity index (χ1v) is 8.49. The van der Waals surface area contributed by atoms with Crippen LogP contribution in [-0.4, -0.2) is 23.0 Å². The summed E-state index contributed by atoms with van der Waals surface area (Å²) >= 11 is 9.33. The van der Waals surface area contributed by atoms with Gasteiger partial charge in [0.15, 0.2) is 0 Å². The molecule has 126 valence electrons. The number of hydrogen-bond donors (Lipinski definition) is 2. The summed E-state index contributed by atoms with van der Waals surface area (Å²) in [7, 11) is 0. The van der Waals surface area contributed by atoms with Crippen LogP contribution in [0.15, 0.2) is 40.9 Å². The van der Waals surface area contributed by atoms with Gasteiger partial charge in [-0.25, -0.2) is 4.79 Å². The van der Waals surface area contributed by atoms with Gasteiger partial charge in [-0.2, -0.15) is 0 Å². The van der Waals surface area contributed by atoms with Gasteiger partial charge in [-0.15, -0.1) is 0 Å². The third-order valence-corrected chi connectivity index (χ3v) is 4.53. The van der Waals surface area contributed by atoms with Gasteiger partial charge in [0, 0.05) is 21.5 Å². The lowest BCUT2D eigenvalue weighted by atomic mass is 10.0. The van der Waals surface area contributed by atoms with E-state index in [0.29, 0.717) is 10.6 Å². The van der Waals surface area contributed by atoms with E-state index in [4.69, 9.17) is 11.6 Å². The van der Waals surface area contributed by atoms with Crippen LogP contribution in [-0.2, 0) is 11.2 Å². The minimum Gasteiger partial charge on any atom is -0.480 e. The average molecular weight is 411 g/mol. The summed E-state index contributed by atoms with van der Waals surface area (Å²) < 4.78 is 0.749. The zero-order valence-corrected chi connectivity index (χ0v) is 15.6. The van der Waals surface area contributed by atoms with Gasteiger partial charge in [-0.3, -0.25) is 4.79 Å². The number of carboxylic acid groups (broad SMARTS) is 1. The number of halogens is 2. The molecule has 1 amide bonds. The summed E-state index contributed by atoms with van der Waals surface area (Å²) in [6, 6.07) is 9.51. The topological polar surface area (TPSA) is 66.4 Å². The molecule has 2 rings (SSSR count). The van der Waals surface area contributed by atoms with E-state index in [2.05, 4.69) is 21.2 Å². The van der Waals surface area contributed by atoms with E-state index in [9.17, 15) is 14.7 Å². The molecular formula is C18H17BrClNO3. The molecule has 0 heterocycles. The quantitative estimate of drug-likeness (QED) is 0.778. The Morgan fingerprint density at radius 2 is 1.79 bits per heavy atom. The zero-order valence-electron chi connectivity index (χ0n) is 13.3. The molecule has 0 bridgehead atoms. The van der Waals surface area contributed by atoms with Gasteiger partial charge < -0.3 is 10.4 Å². The third kappa shape index (κ3) is 4.82. The van der Waals surface area contributed by atoms with E-state index in [-0.39, 0.29) is 6.42 Å². The van der Waals surface area contributed by atoms with E-state index in [1.54, 1.807) is 30.3 Å². The molecule has 2 N–H and O–H groups in total. The monoisotopic (exact) mass is 409 g/mol. The number of benzene rings is 2. The van der Waals surface area contributed by atoms with E-state index in [0.717, 1.165) is 21.2 Å². The van der Waals surface area contributed by atoms with Crippen molar-refractivity contribution in [2.24, 2.45) is 0 Å². The van der Waals surface area contributed by atoms with E-state index < -0.39 is 17.9 Å². The Morgan fingerprint density at radius 3 is 2.38 bits per heavy atom. The van der Waals surface area contributed by atoms with Crippen molar-refractivity contribution in [1.82, 2.24) is 5.32 Å². The number of nitrogens with one attached hydrogen (secondary N) is 1. The summed E-state index contributed by atoms with van der Waals surface area (Å²) in [4.78, 5) is 23.9. The predicted molar refractivity (Wildman–Crippen MR) is 97.7 cm³/mol. The van der Waals surface area contributed by atoms with Crippen molar-refractivity contribution in [1.29, 1.82) is 0 Å². The Morgan fingerprint density at radius 1 is 1.17 bits per heavy atom. The molecular weight excluding hydrogens is 394 g/mol. The van der Waals surface area contributed by atoms with E-state index in [1.165, 1.54) is 0 Å². The van der Waals surface area contributed by atoms with Crippen molar-refractivity contribution in [3.05, 3.63) is 68.1 Å². The van der Waals surface area contributed by atoms with Crippen LogP contribution < -0.4 is 5.32 Å². The molecule has 0 aromatic heterocycles. The highest BCUT2D eigenvalue weighted by atomic mass is 79.9.